The van der Waals surface area contributed by atoms with Crippen molar-refractivity contribution in [1.82, 2.24) is 9.88 Å². The molecule has 2 aromatic rings. The van der Waals surface area contributed by atoms with Crippen molar-refractivity contribution >= 4 is 42.1 Å². The molecule has 1 amide bonds. The molecule has 1 aliphatic heterocycles. The smallest absolute Gasteiger partial charge is 0.265 e. The molecule has 0 bridgehead atoms. The second-order valence-corrected chi connectivity index (χ2v) is 7.29. The van der Waals surface area contributed by atoms with E-state index in [-0.39, 0.29) is 36.1 Å². The molecule has 24 heavy (non-hydrogen) atoms. The van der Waals surface area contributed by atoms with Crippen LogP contribution in [-0.4, -0.2) is 35.4 Å². The first-order valence-corrected chi connectivity index (χ1v) is 8.36. The Morgan fingerprint density at radius 2 is 2.00 bits per heavy atom. The molecule has 1 aliphatic rings. The highest BCUT2D eigenvalue weighted by molar-refractivity contribution is 7.17. The topological polar surface area (TPSA) is 59.2 Å². The molecule has 1 saturated heterocycles. The molecule has 1 atom stereocenters. The van der Waals surface area contributed by atoms with E-state index in [2.05, 4.69) is 11.9 Å². The van der Waals surface area contributed by atoms with Gasteiger partial charge in [0.1, 0.15) is 9.88 Å². The fraction of sp³-hybridized carbons (Fsp3) is 0.412. The summed E-state index contributed by atoms with van der Waals surface area (Å²) >= 11 is 1.48. The molecule has 0 aliphatic carbocycles. The fourth-order valence-corrected chi connectivity index (χ4v) is 3.85. The van der Waals surface area contributed by atoms with E-state index in [0.29, 0.717) is 6.54 Å². The number of aromatic nitrogens is 1. The van der Waals surface area contributed by atoms with Crippen molar-refractivity contribution in [3.63, 3.8) is 0 Å². The van der Waals surface area contributed by atoms with Gasteiger partial charge in [0.2, 0.25) is 0 Å². The van der Waals surface area contributed by atoms with Crippen molar-refractivity contribution in [2.45, 2.75) is 20.3 Å². The van der Waals surface area contributed by atoms with E-state index in [0.717, 1.165) is 40.7 Å². The fourth-order valence-electron chi connectivity index (χ4n) is 2.81. The zero-order chi connectivity index (χ0) is 15.7. The highest BCUT2D eigenvalue weighted by atomic mass is 35.5. The molecule has 1 unspecified atom stereocenters. The van der Waals surface area contributed by atoms with E-state index in [1.807, 2.05) is 42.2 Å². The zero-order valence-electron chi connectivity index (χ0n) is 13.8. The van der Waals surface area contributed by atoms with Crippen molar-refractivity contribution in [1.29, 1.82) is 0 Å². The summed E-state index contributed by atoms with van der Waals surface area (Å²) in [5, 5.41) is 0.905. The SMILES string of the molecule is Cc1nc(-c2ccccc2)sc1C(=O)N1CCC(C)(CN)C1.Cl.Cl. The second kappa shape index (κ2) is 8.30. The number of halogens is 2. The van der Waals surface area contributed by atoms with E-state index in [1.54, 1.807) is 0 Å². The number of rotatable bonds is 3. The number of thiazole rings is 1. The molecule has 1 aromatic heterocycles. The van der Waals surface area contributed by atoms with E-state index in [9.17, 15) is 4.79 Å². The monoisotopic (exact) mass is 387 g/mol. The first kappa shape index (κ1) is 20.9. The lowest BCUT2D eigenvalue weighted by Gasteiger charge is -2.22. The maximum Gasteiger partial charge on any atom is 0.265 e. The Morgan fingerprint density at radius 1 is 1.33 bits per heavy atom. The first-order valence-electron chi connectivity index (χ1n) is 7.55. The van der Waals surface area contributed by atoms with Crippen LogP contribution in [0, 0.1) is 12.3 Å². The largest absolute Gasteiger partial charge is 0.337 e. The van der Waals surface area contributed by atoms with Crippen LogP contribution in [0.2, 0.25) is 0 Å². The predicted molar refractivity (Wildman–Crippen MR) is 104 cm³/mol. The average Bonchev–Trinajstić information content (AvgIpc) is 3.12. The summed E-state index contributed by atoms with van der Waals surface area (Å²) in [4.78, 5) is 20.0. The van der Waals surface area contributed by atoms with E-state index < -0.39 is 0 Å². The maximum absolute atomic E-state index is 12.8. The number of hydrogen-bond acceptors (Lipinski definition) is 4. The second-order valence-electron chi connectivity index (χ2n) is 6.29. The normalized spacial score (nSPS) is 19.5. The Morgan fingerprint density at radius 3 is 2.58 bits per heavy atom. The van der Waals surface area contributed by atoms with Gasteiger partial charge < -0.3 is 10.6 Å². The van der Waals surface area contributed by atoms with Crippen molar-refractivity contribution in [3.8, 4) is 10.6 Å². The number of aryl methyl sites for hydroxylation is 1. The van der Waals surface area contributed by atoms with Crippen LogP contribution in [0.3, 0.4) is 0 Å². The molecule has 0 saturated carbocycles. The minimum Gasteiger partial charge on any atom is -0.337 e. The summed E-state index contributed by atoms with van der Waals surface area (Å²) in [5.74, 6) is 0.0920. The molecule has 7 heteroatoms. The molecule has 2 heterocycles. The molecule has 4 nitrogen and oxygen atoms in total. The number of likely N-dealkylation sites (tertiary alicyclic amines) is 1. The van der Waals surface area contributed by atoms with Gasteiger partial charge in [-0.25, -0.2) is 4.98 Å². The van der Waals surface area contributed by atoms with Crippen LogP contribution in [-0.2, 0) is 0 Å². The van der Waals surface area contributed by atoms with Gasteiger partial charge in [-0.15, -0.1) is 36.2 Å². The summed E-state index contributed by atoms with van der Waals surface area (Å²) in [5.41, 5.74) is 7.76. The lowest BCUT2D eigenvalue weighted by molar-refractivity contribution is 0.0780. The summed E-state index contributed by atoms with van der Waals surface area (Å²) < 4.78 is 0. The highest BCUT2D eigenvalue weighted by Gasteiger charge is 2.36. The quantitative estimate of drug-likeness (QED) is 0.871. The van der Waals surface area contributed by atoms with Gasteiger partial charge in [0, 0.05) is 18.7 Å². The molecule has 0 radical (unpaired) electrons. The van der Waals surface area contributed by atoms with Crippen LogP contribution in [0.5, 0.6) is 0 Å². The third-order valence-corrected chi connectivity index (χ3v) is 5.54. The molecular weight excluding hydrogens is 365 g/mol. The number of amides is 1. The minimum absolute atomic E-state index is 0. The Labute approximate surface area is 159 Å². The van der Waals surface area contributed by atoms with Gasteiger partial charge in [-0.05, 0) is 25.3 Å². The Hall–Kier alpha value is -1.14. The third kappa shape index (κ3) is 4.09. The molecule has 1 aromatic carbocycles. The summed E-state index contributed by atoms with van der Waals surface area (Å²) in [6, 6.07) is 10.00. The summed E-state index contributed by atoms with van der Waals surface area (Å²) in [6.45, 7) is 6.20. The Kier molecular flexibility index (Phi) is 7.23. The third-order valence-electron chi connectivity index (χ3n) is 4.35. The Bertz CT molecular complexity index is 692. The van der Waals surface area contributed by atoms with Crippen LogP contribution in [0.4, 0.5) is 0 Å². The van der Waals surface area contributed by atoms with Gasteiger partial charge >= 0.3 is 0 Å². The van der Waals surface area contributed by atoms with Crippen LogP contribution in [0.25, 0.3) is 10.6 Å². The highest BCUT2D eigenvalue weighted by Crippen LogP contribution is 2.33. The van der Waals surface area contributed by atoms with Gasteiger partial charge in [-0.2, -0.15) is 0 Å². The number of nitrogens with two attached hydrogens (primary N) is 1. The number of carbonyl (C=O) groups is 1. The predicted octanol–water partition coefficient (Wildman–Crippen LogP) is 3.77. The van der Waals surface area contributed by atoms with Crippen LogP contribution in [0.1, 0.15) is 28.7 Å². The van der Waals surface area contributed by atoms with E-state index in [4.69, 9.17) is 5.73 Å². The standard InChI is InChI=1S/C17H21N3OS.2ClH/c1-12-14(16(21)20-9-8-17(2,10-18)11-20)22-15(19-12)13-6-4-3-5-7-13;;/h3-7H,8-11,18H2,1-2H3;2*1H. The number of carbonyl (C=O) groups excluding carboxylic acids is 1. The maximum atomic E-state index is 12.8. The van der Waals surface area contributed by atoms with Crippen LogP contribution >= 0.6 is 36.2 Å². The van der Waals surface area contributed by atoms with Gasteiger partial charge in [0.15, 0.2) is 0 Å². The van der Waals surface area contributed by atoms with Crippen LogP contribution in [0.15, 0.2) is 30.3 Å². The van der Waals surface area contributed by atoms with Gasteiger partial charge in [0.25, 0.3) is 5.91 Å². The van der Waals surface area contributed by atoms with E-state index in [1.165, 1.54) is 11.3 Å². The summed E-state index contributed by atoms with van der Waals surface area (Å²) in [6.07, 6.45) is 0.971. The molecule has 1 fully saturated rings. The molecule has 0 spiro atoms. The number of hydrogen-bond donors (Lipinski definition) is 1. The molecule has 2 N–H and O–H groups in total. The van der Waals surface area contributed by atoms with Gasteiger partial charge in [0.05, 0.1) is 5.69 Å². The Balaban J connectivity index is 0.00000144. The van der Waals surface area contributed by atoms with Gasteiger partial charge in [-0.1, -0.05) is 37.3 Å². The van der Waals surface area contributed by atoms with Crippen molar-refractivity contribution in [2.24, 2.45) is 11.1 Å². The molecule has 132 valence electrons. The lowest BCUT2D eigenvalue weighted by atomic mass is 9.90. The minimum atomic E-state index is 0. The van der Waals surface area contributed by atoms with Crippen molar-refractivity contribution < 1.29 is 4.79 Å². The van der Waals surface area contributed by atoms with Crippen LogP contribution < -0.4 is 5.73 Å². The van der Waals surface area contributed by atoms with E-state index >= 15 is 0 Å². The summed E-state index contributed by atoms with van der Waals surface area (Å²) in [7, 11) is 0. The van der Waals surface area contributed by atoms with Gasteiger partial charge in [-0.3, -0.25) is 4.79 Å². The van der Waals surface area contributed by atoms with Crippen molar-refractivity contribution in [3.05, 3.63) is 40.9 Å². The first-order chi connectivity index (χ1) is 10.5. The van der Waals surface area contributed by atoms with Crippen molar-refractivity contribution in [2.75, 3.05) is 19.6 Å². The average molecular weight is 388 g/mol. The number of benzene rings is 1. The molecule has 3 rings (SSSR count). The molecular formula is C17H23Cl2N3OS. The lowest BCUT2D eigenvalue weighted by Crippen LogP contribution is -2.34. The number of nitrogens with zero attached hydrogens (tertiary/aromatic N) is 2. The zero-order valence-corrected chi connectivity index (χ0v) is 16.3.